The first-order valence-electron chi connectivity index (χ1n) is 7.45. The van der Waals surface area contributed by atoms with Crippen molar-refractivity contribution in [2.75, 3.05) is 13.9 Å². The zero-order chi connectivity index (χ0) is 15.6. The summed E-state index contributed by atoms with van der Waals surface area (Å²) in [6.07, 6.45) is 4.08. The lowest BCUT2D eigenvalue weighted by molar-refractivity contribution is -0.149. The maximum atomic E-state index is 12.5. The summed E-state index contributed by atoms with van der Waals surface area (Å²) in [5, 5.41) is 2.88. The van der Waals surface area contributed by atoms with Crippen molar-refractivity contribution in [1.82, 2.24) is 5.32 Å². The van der Waals surface area contributed by atoms with Crippen LogP contribution in [0.25, 0.3) is 0 Å². The van der Waals surface area contributed by atoms with Crippen LogP contribution in [0.1, 0.15) is 42.5 Å². The van der Waals surface area contributed by atoms with Gasteiger partial charge in [0, 0.05) is 5.56 Å². The van der Waals surface area contributed by atoms with Gasteiger partial charge in [0.2, 0.25) is 6.79 Å². The largest absolute Gasteiger partial charge is 0.467 e. The van der Waals surface area contributed by atoms with E-state index in [1.807, 2.05) is 0 Å². The number of amides is 1. The number of esters is 1. The van der Waals surface area contributed by atoms with E-state index < -0.39 is 5.54 Å². The molecule has 0 aromatic heterocycles. The van der Waals surface area contributed by atoms with E-state index in [1.165, 1.54) is 7.11 Å². The van der Waals surface area contributed by atoms with E-state index in [0.717, 1.165) is 19.3 Å². The Labute approximate surface area is 128 Å². The molecule has 1 aliphatic heterocycles. The van der Waals surface area contributed by atoms with E-state index in [9.17, 15) is 9.59 Å². The maximum absolute atomic E-state index is 12.5. The molecule has 6 nitrogen and oxygen atoms in total. The number of nitrogens with one attached hydrogen (secondary N) is 1. The Morgan fingerprint density at radius 3 is 2.59 bits per heavy atom. The summed E-state index contributed by atoms with van der Waals surface area (Å²) in [4.78, 5) is 24.7. The Morgan fingerprint density at radius 1 is 1.14 bits per heavy atom. The standard InChI is InChI=1S/C16H19NO5/c1-20-15(19)16(7-3-2-4-8-16)17-14(18)11-5-6-12-13(9-11)22-10-21-12/h5-6,9H,2-4,7-8,10H2,1H3,(H,17,18). The third kappa shape index (κ3) is 2.61. The molecule has 0 spiro atoms. The predicted octanol–water partition coefficient (Wildman–Crippen LogP) is 2.02. The summed E-state index contributed by atoms with van der Waals surface area (Å²) in [5.41, 5.74) is -0.474. The van der Waals surface area contributed by atoms with Crippen LogP contribution in [0.5, 0.6) is 11.5 Å². The molecule has 1 aromatic carbocycles. The van der Waals surface area contributed by atoms with Gasteiger partial charge in [-0.3, -0.25) is 4.79 Å². The summed E-state index contributed by atoms with van der Waals surface area (Å²) in [6.45, 7) is 0.159. The van der Waals surface area contributed by atoms with Crippen LogP contribution in [0.15, 0.2) is 18.2 Å². The number of benzene rings is 1. The van der Waals surface area contributed by atoms with Crippen molar-refractivity contribution < 1.29 is 23.8 Å². The Bertz CT molecular complexity index is 592. The first-order valence-corrected chi connectivity index (χ1v) is 7.45. The number of carbonyl (C=O) groups is 2. The van der Waals surface area contributed by atoms with E-state index in [4.69, 9.17) is 14.2 Å². The van der Waals surface area contributed by atoms with Crippen LogP contribution in [0.3, 0.4) is 0 Å². The summed E-state index contributed by atoms with van der Waals surface area (Å²) in [7, 11) is 1.35. The minimum Gasteiger partial charge on any atom is -0.467 e. The molecule has 118 valence electrons. The Morgan fingerprint density at radius 2 is 1.86 bits per heavy atom. The van der Waals surface area contributed by atoms with Gasteiger partial charge < -0.3 is 19.5 Å². The van der Waals surface area contributed by atoms with Gasteiger partial charge in [0.1, 0.15) is 5.54 Å². The molecule has 1 heterocycles. The van der Waals surface area contributed by atoms with Crippen LogP contribution in [-0.4, -0.2) is 31.3 Å². The van der Waals surface area contributed by atoms with E-state index >= 15 is 0 Å². The molecule has 0 bridgehead atoms. The van der Waals surface area contributed by atoms with Crippen molar-refractivity contribution >= 4 is 11.9 Å². The molecule has 0 unspecified atom stereocenters. The van der Waals surface area contributed by atoms with Gasteiger partial charge in [0.15, 0.2) is 11.5 Å². The maximum Gasteiger partial charge on any atom is 0.331 e. The average molecular weight is 305 g/mol. The minimum atomic E-state index is -0.916. The highest BCUT2D eigenvalue weighted by Crippen LogP contribution is 2.33. The van der Waals surface area contributed by atoms with Crippen molar-refractivity contribution in [2.24, 2.45) is 0 Å². The van der Waals surface area contributed by atoms with E-state index in [2.05, 4.69) is 5.32 Å². The molecule has 22 heavy (non-hydrogen) atoms. The molecule has 2 aliphatic rings. The lowest BCUT2D eigenvalue weighted by Gasteiger charge is -2.35. The number of methoxy groups -OCH3 is 1. The molecular weight excluding hydrogens is 286 g/mol. The molecular formula is C16H19NO5. The molecule has 3 rings (SSSR count). The molecule has 0 atom stereocenters. The predicted molar refractivity (Wildman–Crippen MR) is 77.9 cm³/mol. The molecule has 0 saturated heterocycles. The van der Waals surface area contributed by atoms with Gasteiger partial charge >= 0.3 is 5.97 Å². The Kier molecular flexibility index (Phi) is 3.92. The molecule has 0 radical (unpaired) electrons. The fourth-order valence-electron chi connectivity index (χ4n) is 3.06. The highest BCUT2D eigenvalue weighted by Gasteiger charge is 2.42. The van der Waals surface area contributed by atoms with Crippen LogP contribution in [-0.2, 0) is 9.53 Å². The summed E-state index contributed by atoms with van der Waals surface area (Å²) >= 11 is 0. The third-order valence-electron chi connectivity index (χ3n) is 4.27. The fraction of sp³-hybridized carbons (Fsp3) is 0.500. The Balaban J connectivity index is 1.80. The van der Waals surface area contributed by atoms with Crippen molar-refractivity contribution in [3.63, 3.8) is 0 Å². The molecule has 1 fully saturated rings. The lowest BCUT2D eigenvalue weighted by atomic mass is 9.81. The first kappa shape index (κ1) is 14.7. The molecule has 1 aromatic rings. The molecule has 1 amide bonds. The highest BCUT2D eigenvalue weighted by atomic mass is 16.7. The second kappa shape index (κ2) is 5.87. The summed E-state index contributed by atoms with van der Waals surface area (Å²) < 4.78 is 15.4. The van der Waals surface area contributed by atoms with Crippen LogP contribution in [0.4, 0.5) is 0 Å². The minimum absolute atomic E-state index is 0.159. The number of rotatable bonds is 3. The molecule has 1 N–H and O–H groups in total. The fourth-order valence-corrected chi connectivity index (χ4v) is 3.06. The van der Waals surface area contributed by atoms with Gasteiger partial charge in [0.25, 0.3) is 5.91 Å². The monoisotopic (exact) mass is 305 g/mol. The van der Waals surface area contributed by atoms with Crippen molar-refractivity contribution in [3.8, 4) is 11.5 Å². The van der Waals surface area contributed by atoms with Gasteiger partial charge in [-0.25, -0.2) is 4.79 Å². The Hall–Kier alpha value is -2.24. The summed E-state index contributed by atoms with van der Waals surface area (Å²) in [5.74, 6) is 0.493. The van der Waals surface area contributed by atoms with Crippen LogP contribution in [0, 0.1) is 0 Å². The average Bonchev–Trinajstić information content (AvgIpc) is 3.02. The quantitative estimate of drug-likeness (QED) is 0.865. The van der Waals surface area contributed by atoms with Gasteiger partial charge in [0.05, 0.1) is 7.11 Å². The van der Waals surface area contributed by atoms with Crippen LogP contribution in [0.2, 0.25) is 0 Å². The van der Waals surface area contributed by atoms with Gasteiger partial charge in [-0.05, 0) is 31.0 Å². The highest BCUT2D eigenvalue weighted by molar-refractivity contribution is 5.98. The van der Waals surface area contributed by atoms with Crippen molar-refractivity contribution in [3.05, 3.63) is 23.8 Å². The smallest absolute Gasteiger partial charge is 0.331 e. The van der Waals surface area contributed by atoms with Crippen LogP contribution >= 0.6 is 0 Å². The topological polar surface area (TPSA) is 73.9 Å². The number of ether oxygens (including phenoxy) is 3. The van der Waals surface area contributed by atoms with Crippen LogP contribution < -0.4 is 14.8 Å². The molecule has 6 heteroatoms. The van der Waals surface area contributed by atoms with E-state index in [0.29, 0.717) is 29.9 Å². The van der Waals surface area contributed by atoms with Crippen molar-refractivity contribution in [1.29, 1.82) is 0 Å². The lowest BCUT2D eigenvalue weighted by Crippen LogP contribution is -2.56. The van der Waals surface area contributed by atoms with Gasteiger partial charge in [-0.2, -0.15) is 0 Å². The molecule has 1 saturated carbocycles. The zero-order valence-corrected chi connectivity index (χ0v) is 12.5. The van der Waals surface area contributed by atoms with E-state index in [1.54, 1.807) is 18.2 Å². The number of fused-ring (bicyclic) bond motifs is 1. The second-order valence-corrected chi connectivity index (χ2v) is 5.66. The molecule has 1 aliphatic carbocycles. The second-order valence-electron chi connectivity index (χ2n) is 5.66. The first-order chi connectivity index (χ1) is 10.6. The van der Waals surface area contributed by atoms with E-state index in [-0.39, 0.29) is 18.7 Å². The summed E-state index contributed by atoms with van der Waals surface area (Å²) in [6, 6.07) is 4.99. The third-order valence-corrected chi connectivity index (χ3v) is 4.27. The number of carbonyl (C=O) groups excluding carboxylic acids is 2. The van der Waals surface area contributed by atoms with Gasteiger partial charge in [-0.15, -0.1) is 0 Å². The normalized spacial score (nSPS) is 18.6. The number of hydrogen-bond acceptors (Lipinski definition) is 5. The SMILES string of the molecule is COC(=O)C1(NC(=O)c2ccc3c(c2)OCO3)CCCCC1. The van der Waals surface area contributed by atoms with Crippen molar-refractivity contribution in [2.45, 2.75) is 37.6 Å². The number of hydrogen-bond donors (Lipinski definition) is 1. The zero-order valence-electron chi connectivity index (χ0n) is 12.5. The van der Waals surface area contributed by atoms with Gasteiger partial charge in [-0.1, -0.05) is 19.3 Å².